The first-order valence-corrected chi connectivity index (χ1v) is 10.2. The van der Waals surface area contributed by atoms with E-state index in [0.29, 0.717) is 6.54 Å². The zero-order valence-corrected chi connectivity index (χ0v) is 16.5. The lowest BCUT2D eigenvalue weighted by Crippen LogP contribution is -2.37. The second-order valence-corrected chi connectivity index (χ2v) is 7.93. The van der Waals surface area contributed by atoms with Crippen LogP contribution in [0.15, 0.2) is 42.5 Å². The van der Waals surface area contributed by atoms with E-state index >= 15 is 0 Å². The van der Waals surface area contributed by atoms with E-state index in [9.17, 15) is 9.18 Å². The third-order valence-electron chi connectivity index (χ3n) is 5.97. The van der Waals surface area contributed by atoms with Crippen molar-refractivity contribution in [1.82, 2.24) is 10.2 Å². The van der Waals surface area contributed by atoms with Gasteiger partial charge >= 0.3 is 0 Å². The number of benzene rings is 2. The van der Waals surface area contributed by atoms with Gasteiger partial charge in [0.25, 0.3) is 0 Å². The molecule has 1 saturated heterocycles. The highest BCUT2D eigenvalue weighted by atomic mass is 19.1. The van der Waals surface area contributed by atoms with Crippen molar-refractivity contribution in [2.75, 3.05) is 38.1 Å². The minimum atomic E-state index is -0.277. The summed E-state index contributed by atoms with van der Waals surface area (Å²) >= 11 is 0. The Hall–Kier alpha value is -2.40. The Morgan fingerprint density at radius 1 is 1.11 bits per heavy atom. The number of halogens is 1. The number of hydrogen-bond acceptors (Lipinski definition) is 3. The van der Waals surface area contributed by atoms with Gasteiger partial charge in [-0.25, -0.2) is 4.39 Å². The van der Waals surface area contributed by atoms with E-state index in [0.717, 1.165) is 31.6 Å². The van der Waals surface area contributed by atoms with Crippen LogP contribution in [-0.4, -0.2) is 44.0 Å². The van der Waals surface area contributed by atoms with Gasteiger partial charge in [-0.1, -0.05) is 24.3 Å². The number of nitrogens with one attached hydrogen (secondary N) is 1. The van der Waals surface area contributed by atoms with Gasteiger partial charge in [-0.05, 0) is 67.2 Å². The largest absolute Gasteiger partial charge is 0.374 e. The molecule has 1 N–H and O–H groups in total. The van der Waals surface area contributed by atoms with Crippen molar-refractivity contribution in [3.05, 3.63) is 65.0 Å². The first-order valence-electron chi connectivity index (χ1n) is 10.2. The van der Waals surface area contributed by atoms with Gasteiger partial charge in [0.1, 0.15) is 5.82 Å². The molecule has 1 fully saturated rings. The Morgan fingerprint density at radius 2 is 1.86 bits per heavy atom. The van der Waals surface area contributed by atoms with E-state index < -0.39 is 0 Å². The molecule has 28 heavy (non-hydrogen) atoms. The van der Waals surface area contributed by atoms with Gasteiger partial charge in [0.15, 0.2) is 0 Å². The first-order chi connectivity index (χ1) is 13.6. The van der Waals surface area contributed by atoms with Crippen LogP contribution < -0.4 is 10.2 Å². The fraction of sp³-hybridized carbons (Fsp3) is 0.435. The minimum absolute atomic E-state index is 0.0169. The van der Waals surface area contributed by atoms with Gasteiger partial charge in [0.2, 0.25) is 5.91 Å². The number of likely N-dealkylation sites (N-methyl/N-ethyl adjacent to an activating group) is 1. The molecule has 4 nitrogen and oxygen atoms in total. The van der Waals surface area contributed by atoms with E-state index in [1.165, 1.54) is 41.8 Å². The predicted octanol–water partition coefficient (Wildman–Crippen LogP) is 3.31. The molecule has 4 rings (SSSR count). The third kappa shape index (κ3) is 4.20. The summed E-state index contributed by atoms with van der Waals surface area (Å²) in [5.74, 6) is -0.294. The van der Waals surface area contributed by atoms with Crippen molar-refractivity contribution in [2.24, 2.45) is 0 Å². The summed E-state index contributed by atoms with van der Waals surface area (Å²) in [6, 6.07) is 13.1. The van der Waals surface area contributed by atoms with Gasteiger partial charge in [-0.15, -0.1) is 0 Å². The second kappa shape index (κ2) is 8.31. The number of anilines is 1. The van der Waals surface area contributed by atoms with Crippen LogP contribution in [-0.2, 0) is 17.6 Å². The van der Waals surface area contributed by atoms with Crippen LogP contribution in [0.1, 0.15) is 35.6 Å². The maximum atomic E-state index is 13.0. The SMILES string of the molecule is CN1CCc2cc([C@H](CNC(=O)Cc3ccc(F)cc3)N3CCCC3)ccc21. The molecule has 5 heteroatoms. The quantitative estimate of drug-likeness (QED) is 0.834. The number of hydrogen-bond donors (Lipinski definition) is 1. The molecule has 0 aromatic heterocycles. The van der Waals surface area contributed by atoms with Crippen molar-refractivity contribution in [1.29, 1.82) is 0 Å². The van der Waals surface area contributed by atoms with Crippen LogP contribution in [0.3, 0.4) is 0 Å². The lowest BCUT2D eigenvalue weighted by atomic mass is 10.0. The van der Waals surface area contributed by atoms with Crippen LogP contribution in [0.25, 0.3) is 0 Å². The molecule has 0 saturated carbocycles. The summed E-state index contributed by atoms with van der Waals surface area (Å²) in [6.45, 7) is 3.83. The molecule has 0 radical (unpaired) electrons. The highest BCUT2D eigenvalue weighted by Crippen LogP contribution is 2.32. The molecule has 0 unspecified atom stereocenters. The summed E-state index contributed by atoms with van der Waals surface area (Å²) in [5.41, 5.74) is 4.85. The number of amides is 1. The van der Waals surface area contributed by atoms with Crippen LogP contribution in [0.2, 0.25) is 0 Å². The van der Waals surface area contributed by atoms with E-state index in [1.807, 2.05) is 0 Å². The normalized spacial score (nSPS) is 17.6. The van der Waals surface area contributed by atoms with Crippen molar-refractivity contribution in [3.63, 3.8) is 0 Å². The lowest BCUT2D eigenvalue weighted by molar-refractivity contribution is -0.120. The number of rotatable bonds is 6. The number of carbonyl (C=O) groups excluding carboxylic acids is 1. The highest BCUT2D eigenvalue weighted by Gasteiger charge is 2.26. The summed E-state index contributed by atoms with van der Waals surface area (Å²) in [6.07, 6.45) is 3.80. The van der Waals surface area contributed by atoms with E-state index in [2.05, 4.69) is 40.4 Å². The summed E-state index contributed by atoms with van der Waals surface area (Å²) in [5, 5.41) is 3.11. The van der Waals surface area contributed by atoms with E-state index in [1.54, 1.807) is 12.1 Å². The summed E-state index contributed by atoms with van der Waals surface area (Å²) < 4.78 is 13.0. The smallest absolute Gasteiger partial charge is 0.224 e. The zero-order valence-electron chi connectivity index (χ0n) is 16.5. The fourth-order valence-corrected chi connectivity index (χ4v) is 4.37. The van der Waals surface area contributed by atoms with Gasteiger partial charge in [-0.3, -0.25) is 9.69 Å². The van der Waals surface area contributed by atoms with Crippen molar-refractivity contribution < 1.29 is 9.18 Å². The van der Waals surface area contributed by atoms with Crippen LogP contribution >= 0.6 is 0 Å². The van der Waals surface area contributed by atoms with Crippen LogP contribution in [0, 0.1) is 5.82 Å². The molecule has 2 aromatic rings. The number of fused-ring (bicyclic) bond motifs is 1. The Balaban J connectivity index is 1.45. The minimum Gasteiger partial charge on any atom is -0.374 e. The first kappa shape index (κ1) is 18.9. The van der Waals surface area contributed by atoms with Gasteiger partial charge in [0, 0.05) is 25.8 Å². The molecule has 0 aliphatic carbocycles. The third-order valence-corrected chi connectivity index (χ3v) is 5.97. The molecule has 0 bridgehead atoms. The standard InChI is InChI=1S/C23H28FN3O/c1-26-13-10-19-15-18(6-9-21(19)26)22(27-11-2-3-12-27)16-25-23(28)14-17-4-7-20(24)8-5-17/h4-9,15,22H,2-3,10-14,16H2,1H3,(H,25,28)/t22-/m0/s1. The Kier molecular flexibility index (Phi) is 5.62. The molecule has 0 spiro atoms. The molecule has 2 aliphatic rings. The molecule has 1 amide bonds. The van der Waals surface area contributed by atoms with Gasteiger partial charge < -0.3 is 10.2 Å². The average Bonchev–Trinajstić information content (AvgIpc) is 3.34. The predicted molar refractivity (Wildman–Crippen MR) is 110 cm³/mol. The number of likely N-dealkylation sites (tertiary alicyclic amines) is 1. The monoisotopic (exact) mass is 381 g/mol. The maximum Gasteiger partial charge on any atom is 0.224 e. The molecule has 2 aromatic carbocycles. The second-order valence-electron chi connectivity index (χ2n) is 7.93. The topological polar surface area (TPSA) is 35.6 Å². The van der Waals surface area contributed by atoms with Crippen LogP contribution in [0.5, 0.6) is 0 Å². The van der Waals surface area contributed by atoms with Gasteiger partial charge in [0.05, 0.1) is 12.5 Å². The maximum absolute atomic E-state index is 13.0. The Bertz CT molecular complexity index is 830. The molecular weight excluding hydrogens is 353 g/mol. The number of carbonyl (C=O) groups is 1. The Morgan fingerprint density at radius 3 is 2.61 bits per heavy atom. The molecule has 2 heterocycles. The van der Waals surface area contributed by atoms with Gasteiger partial charge in [-0.2, -0.15) is 0 Å². The molecule has 1 atom stereocenters. The van der Waals surface area contributed by atoms with Crippen molar-refractivity contribution in [3.8, 4) is 0 Å². The van der Waals surface area contributed by atoms with Crippen molar-refractivity contribution in [2.45, 2.75) is 31.7 Å². The average molecular weight is 381 g/mol. The summed E-state index contributed by atoms with van der Waals surface area (Å²) in [4.78, 5) is 17.2. The van der Waals surface area contributed by atoms with Crippen molar-refractivity contribution >= 4 is 11.6 Å². The molecular formula is C23H28FN3O. The van der Waals surface area contributed by atoms with Crippen LogP contribution in [0.4, 0.5) is 10.1 Å². The summed E-state index contributed by atoms with van der Waals surface area (Å²) in [7, 11) is 2.14. The highest BCUT2D eigenvalue weighted by molar-refractivity contribution is 5.78. The van der Waals surface area contributed by atoms with E-state index in [-0.39, 0.29) is 24.2 Å². The molecule has 148 valence electrons. The zero-order chi connectivity index (χ0) is 19.5. The molecule has 2 aliphatic heterocycles. The Labute approximate surface area is 166 Å². The lowest BCUT2D eigenvalue weighted by Gasteiger charge is -2.29. The fourth-order valence-electron chi connectivity index (χ4n) is 4.37. The number of nitrogens with zero attached hydrogens (tertiary/aromatic N) is 2. The van der Waals surface area contributed by atoms with E-state index in [4.69, 9.17) is 0 Å².